The molecule has 4 aromatic rings. The first-order chi connectivity index (χ1) is 19.7. The second kappa shape index (κ2) is 10.4. The number of nitriles is 1. The van der Waals surface area contributed by atoms with E-state index in [-0.39, 0.29) is 38.2 Å². The molecule has 40 heavy (non-hydrogen) atoms. The van der Waals surface area contributed by atoms with Gasteiger partial charge in [0, 0.05) is 35.7 Å². The zero-order chi connectivity index (χ0) is 28.9. The first-order valence-corrected chi connectivity index (χ1v) is 12.8. The molecule has 1 atom stereocenters. The monoisotopic (exact) mass is 583 g/mol. The maximum atomic E-state index is 14.8. The fraction of sp³-hybridized carbons (Fsp3) is 0.148. The minimum Gasteiger partial charge on any atom is -0.373 e. The summed E-state index contributed by atoms with van der Waals surface area (Å²) >= 11 is 12.5. The third-order valence-corrected chi connectivity index (χ3v) is 7.00. The standard InChI is InChI=1S/C27H19Cl2F3N8/c28-18-4-5-20(30)27(23(18)32)37-24-14(9-33)11-35-26-17(24)7-15(8-19(26)29)36-25(13-1-6-22(31)34-10-13)21-12-40(39-38-21)16-2-3-16/h1,4-8,10-12,16,25,36,38-39H,2-3H2,(H,35,37)/i25D. The Labute approximate surface area is 237 Å². The quantitative estimate of drug-likeness (QED) is 0.145. The molecule has 6 rings (SSSR count). The van der Waals surface area contributed by atoms with Crippen LogP contribution in [0.1, 0.15) is 31.4 Å². The molecule has 2 aromatic heterocycles. The number of hydrogen-bond acceptors (Lipinski definition) is 8. The van der Waals surface area contributed by atoms with Gasteiger partial charge in [-0.25, -0.2) is 13.8 Å². The Morgan fingerprint density at radius 1 is 1.07 bits per heavy atom. The first-order valence-electron chi connectivity index (χ1n) is 12.5. The van der Waals surface area contributed by atoms with Crippen molar-refractivity contribution in [3.05, 3.63) is 99.4 Å². The summed E-state index contributed by atoms with van der Waals surface area (Å²) in [6.07, 6.45) is 6.21. The van der Waals surface area contributed by atoms with Crippen LogP contribution in [0.15, 0.2) is 60.7 Å². The summed E-state index contributed by atoms with van der Waals surface area (Å²) in [5, 5.41) is 17.5. The highest BCUT2D eigenvalue weighted by atomic mass is 35.5. The summed E-state index contributed by atoms with van der Waals surface area (Å²) < 4.78 is 52.6. The van der Waals surface area contributed by atoms with Crippen LogP contribution in [-0.4, -0.2) is 21.0 Å². The van der Waals surface area contributed by atoms with Crippen LogP contribution in [0.2, 0.25) is 10.0 Å². The van der Waals surface area contributed by atoms with Crippen molar-refractivity contribution < 1.29 is 14.5 Å². The second-order valence-corrected chi connectivity index (χ2v) is 9.96. The number of pyridine rings is 2. The van der Waals surface area contributed by atoms with Crippen LogP contribution in [0, 0.1) is 28.9 Å². The van der Waals surface area contributed by atoms with Gasteiger partial charge in [0.15, 0.2) is 5.82 Å². The zero-order valence-corrected chi connectivity index (χ0v) is 21.9. The molecule has 2 aromatic carbocycles. The topological polar surface area (TPSA) is 101 Å². The van der Waals surface area contributed by atoms with Crippen molar-refractivity contribution in [3.8, 4) is 6.07 Å². The molecule has 0 bridgehead atoms. The maximum Gasteiger partial charge on any atom is 0.212 e. The van der Waals surface area contributed by atoms with Crippen LogP contribution < -0.4 is 21.6 Å². The van der Waals surface area contributed by atoms with Gasteiger partial charge in [0.05, 0.1) is 39.9 Å². The zero-order valence-electron chi connectivity index (χ0n) is 21.4. The highest BCUT2D eigenvalue weighted by Crippen LogP contribution is 2.38. The lowest BCUT2D eigenvalue weighted by Crippen LogP contribution is -2.38. The Bertz CT molecular complexity index is 1760. The predicted molar refractivity (Wildman–Crippen MR) is 146 cm³/mol. The number of halogens is 5. The van der Waals surface area contributed by atoms with Crippen LogP contribution in [0.4, 0.5) is 30.2 Å². The summed E-state index contributed by atoms with van der Waals surface area (Å²) in [5.74, 6) is -2.67. The van der Waals surface area contributed by atoms with Crippen molar-refractivity contribution in [2.24, 2.45) is 0 Å². The Morgan fingerprint density at radius 2 is 1.90 bits per heavy atom. The third kappa shape index (κ3) is 4.93. The SMILES string of the molecule is [2H]C(Nc1cc(Cl)c2ncc(C#N)c(Nc3c(F)ccc(Cl)c3F)c2c1)(C1=CN(C2CC2)NN1)c1ccc(F)nc1. The molecule has 4 N–H and O–H groups in total. The van der Waals surface area contributed by atoms with Gasteiger partial charge < -0.3 is 16.1 Å². The number of aromatic nitrogens is 2. The number of nitrogens with zero attached hydrogens (tertiary/aromatic N) is 4. The molecule has 1 saturated carbocycles. The minimum atomic E-state index is -1.73. The lowest BCUT2D eigenvalue weighted by atomic mass is 10.0. The van der Waals surface area contributed by atoms with E-state index in [1.54, 1.807) is 12.3 Å². The molecule has 1 aliphatic carbocycles. The van der Waals surface area contributed by atoms with E-state index in [1.165, 1.54) is 24.5 Å². The van der Waals surface area contributed by atoms with Crippen molar-refractivity contribution >= 4 is 51.2 Å². The molecule has 1 aliphatic heterocycles. The second-order valence-electron chi connectivity index (χ2n) is 9.14. The van der Waals surface area contributed by atoms with E-state index >= 15 is 0 Å². The Hall–Kier alpha value is -4.24. The lowest BCUT2D eigenvalue weighted by Gasteiger charge is -2.22. The first kappa shape index (κ1) is 24.8. The highest BCUT2D eigenvalue weighted by Gasteiger charge is 2.32. The van der Waals surface area contributed by atoms with Gasteiger partial charge in [0.2, 0.25) is 5.95 Å². The van der Waals surface area contributed by atoms with E-state index in [0.29, 0.717) is 16.9 Å². The van der Waals surface area contributed by atoms with Crippen molar-refractivity contribution in [3.63, 3.8) is 0 Å². The third-order valence-electron chi connectivity index (χ3n) is 6.42. The van der Waals surface area contributed by atoms with E-state index in [4.69, 9.17) is 23.2 Å². The summed E-state index contributed by atoms with van der Waals surface area (Å²) in [7, 11) is 0. The highest BCUT2D eigenvalue weighted by molar-refractivity contribution is 6.36. The number of hydrogen-bond donors (Lipinski definition) is 4. The average Bonchev–Trinajstić information content (AvgIpc) is 3.69. The molecule has 2 aliphatic rings. The van der Waals surface area contributed by atoms with Crippen molar-refractivity contribution in [2.45, 2.75) is 24.9 Å². The molecule has 0 spiro atoms. The lowest BCUT2D eigenvalue weighted by molar-refractivity contribution is 0.260. The van der Waals surface area contributed by atoms with Gasteiger partial charge in [0.1, 0.15) is 17.6 Å². The van der Waals surface area contributed by atoms with Crippen LogP contribution >= 0.6 is 23.2 Å². The number of anilines is 3. The Balaban J connectivity index is 1.48. The Morgan fingerprint density at radius 3 is 2.62 bits per heavy atom. The molecule has 0 amide bonds. The number of fused-ring (bicyclic) bond motifs is 1. The summed E-state index contributed by atoms with van der Waals surface area (Å²) in [5.41, 5.74) is 6.70. The summed E-state index contributed by atoms with van der Waals surface area (Å²) in [6.45, 7) is 0. The molecule has 202 valence electrons. The molecule has 0 radical (unpaired) electrons. The molecule has 8 nitrogen and oxygen atoms in total. The van der Waals surface area contributed by atoms with Gasteiger partial charge in [-0.1, -0.05) is 29.3 Å². The van der Waals surface area contributed by atoms with E-state index in [0.717, 1.165) is 31.0 Å². The molecule has 1 fully saturated rings. The van der Waals surface area contributed by atoms with Gasteiger partial charge >= 0.3 is 0 Å². The fourth-order valence-electron chi connectivity index (χ4n) is 4.29. The molecule has 0 saturated heterocycles. The van der Waals surface area contributed by atoms with Gasteiger partial charge in [-0.3, -0.25) is 9.99 Å². The average molecular weight is 584 g/mol. The minimum absolute atomic E-state index is 0.0196. The molecule has 3 heterocycles. The van der Waals surface area contributed by atoms with Gasteiger partial charge in [-0.2, -0.15) is 9.65 Å². The smallest absolute Gasteiger partial charge is 0.212 e. The number of rotatable bonds is 7. The molecular formula is C27H19Cl2F3N8. The van der Waals surface area contributed by atoms with Crippen LogP contribution in [0.5, 0.6) is 0 Å². The normalized spacial score (nSPS) is 16.6. The van der Waals surface area contributed by atoms with Crippen LogP contribution in [0.25, 0.3) is 10.9 Å². The van der Waals surface area contributed by atoms with E-state index < -0.39 is 29.3 Å². The van der Waals surface area contributed by atoms with Gasteiger partial charge in [0.25, 0.3) is 0 Å². The Kier molecular flexibility index (Phi) is 6.43. The van der Waals surface area contributed by atoms with Crippen molar-refractivity contribution in [1.29, 1.82) is 5.26 Å². The summed E-state index contributed by atoms with van der Waals surface area (Å²) in [4.78, 5) is 7.98. The molecular weight excluding hydrogens is 564 g/mol. The summed E-state index contributed by atoms with van der Waals surface area (Å²) in [6, 6.07) is 8.23. The fourth-order valence-corrected chi connectivity index (χ4v) is 4.71. The van der Waals surface area contributed by atoms with Crippen LogP contribution in [-0.2, 0) is 0 Å². The van der Waals surface area contributed by atoms with E-state index in [2.05, 4.69) is 31.6 Å². The van der Waals surface area contributed by atoms with Crippen molar-refractivity contribution in [2.75, 3.05) is 10.6 Å². The van der Waals surface area contributed by atoms with Gasteiger partial charge in [-0.15, -0.1) is 5.53 Å². The van der Waals surface area contributed by atoms with Gasteiger partial charge in [-0.05, 0) is 48.7 Å². The number of nitrogens with one attached hydrogen (secondary N) is 4. The number of hydrazine groups is 2. The van der Waals surface area contributed by atoms with E-state index in [9.17, 15) is 19.8 Å². The predicted octanol–water partition coefficient (Wildman–Crippen LogP) is 6.45. The van der Waals surface area contributed by atoms with Crippen LogP contribution in [0.3, 0.4) is 0 Å². The van der Waals surface area contributed by atoms with E-state index in [1.807, 2.05) is 11.1 Å². The maximum absolute atomic E-state index is 14.8. The molecule has 1 unspecified atom stereocenters. The number of benzene rings is 2. The largest absolute Gasteiger partial charge is 0.373 e. The van der Waals surface area contributed by atoms with Crippen molar-refractivity contribution in [1.82, 2.24) is 25.9 Å². The molecule has 13 heteroatoms.